The third-order valence-corrected chi connectivity index (χ3v) is 9.91. The fourth-order valence-electron chi connectivity index (χ4n) is 5.69. The van der Waals surface area contributed by atoms with Gasteiger partial charge in [-0.3, -0.25) is 14.3 Å². The summed E-state index contributed by atoms with van der Waals surface area (Å²) in [6.07, 6.45) is 1.22. The molecule has 224 valence electrons. The molecule has 0 spiro atoms. The van der Waals surface area contributed by atoms with Crippen LogP contribution in [0.5, 0.6) is 0 Å². The number of carbonyl (C=O) groups is 3. The summed E-state index contributed by atoms with van der Waals surface area (Å²) in [5, 5.41) is 11.9. The van der Waals surface area contributed by atoms with E-state index in [9.17, 15) is 27.9 Å². The molecule has 3 amide bonds. The highest BCUT2D eigenvalue weighted by atomic mass is 35.5. The van der Waals surface area contributed by atoms with Gasteiger partial charge in [0.05, 0.1) is 35.7 Å². The minimum Gasteiger partial charge on any atom is -0.465 e. The second kappa shape index (κ2) is 11.9. The van der Waals surface area contributed by atoms with Gasteiger partial charge in [0.15, 0.2) is 9.84 Å². The number of hydrogen-bond acceptors (Lipinski definition) is 7. The molecule has 1 N–H and O–H groups in total. The van der Waals surface area contributed by atoms with Crippen LogP contribution < -0.4 is 0 Å². The summed E-state index contributed by atoms with van der Waals surface area (Å²) in [6.45, 7) is 2.51. The van der Waals surface area contributed by atoms with Crippen LogP contribution >= 0.6 is 11.6 Å². The number of ether oxygens (including phenoxy) is 1. The second-order valence-electron chi connectivity index (χ2n) is 10.5. The molecule has 2 aliphatic rings. The van der Waals surface area contributed by atoms with Crippen molar-refractivity contribution >= 4 is 50.2 Å². The fourth-order valence-corrected chi connectivity index (χ4v) is 7.38. The Labute approximate surface area is 248 Å². The van der Waals surface area contributed by atoms with Crippen molar-refractivity contribution in [2.45, 2.75) is 43.3 Å². The third-order valence-electron chi connectivity index (χ3n) is 7.95. The molecule has 0 aliphatic carbocycles. The highest BCUT2D eigenvalue weighted by molar-refractivity contribution is 7.91. The van der Waals surface area contributed by atoms with E-state index in [0.29, 0.717) is 35.6 Å². The molecule has 1 fully saturated rings. The van der Waals surface area contributed by atoms with Crippen LogP contribution in [0.4, 0.5) is 9.59 Å². The molecule has 1 aromatic heterocycles. The Morgan fingerprint density at radius 3 is 2.52 bits per heavy atom. The van der Waals surface area contributed by atoms with Crippen LogP contribution in [0.15, 0.2) is 47.5 Å². The Hall–Kier alpha value is -3.68. The van der Waals surface area contributed by atoms with E-state index in [1.807, 2.05) is 0 Å². The quantitative estimate of drug-likeness (QED) is 0.386. The number of fused-ring (bicyclic) bond motifs is 2. The number of aromatic nitrogens is 2. The van der Waals surface area contributed by atoms with Gasteiger partial charge in [-0.15, -0.1) is 0 Å². The number of methoxy groups -OCH3 is 1. The van der Waals surface area contributed by atoms with Gasteiger partial charge in [0.25, 0.3) is 0 Å². The Balaban J connectivity index is 1.35. The maximum atomic E-state index is 13.8. The number of aryl methyl sites for hydroxylation is 1. The number of nitrogens with zero attached hydrogens (tertiary/aromatic N) is 5. The van der Waals surface area contributed by atoms with Crippen LogP contribution in [0.1, 0.15) is 24.4 Å². The monoisotopic (exact) mass is 617 g/mol. The number of sulfone groups is 1. The first kappa shape index (κ1) is 29.8. The van der Waals surface area contributed by atoms with Gasteiger partial charge in [0.1, 0.15) is 11.9 Å². The van der Waals surface area contributed by atoms with E-state index in [1.165, 1.54) is 24.1 Å². The van der Waals surface area contributed by atoms with Crippen molar-refractivity contribution < 1.29 is 32.6 Å². The first-order valence-corrected chi connectivity index (χ1v) is 15.6. The van der Waals surface area contributed by atoms with Gasteiger partial charge >= 0.3 is 12.1 Å². The van der Waals surface area contributed by atoms with Crippen molar-refractivity contribution in [3.05, 3.63) is 59.1 Å². The normalized spacial score (nSPS) is 16.6. The van der Waals surface area contributed by atoms with Gasteiger partial charge < -0.3 is 19.6 Å². The van der Waals surface area contributed by atoms with Crippen molar-refractivity contribution in [2.24, 2.45) is 0 Å². The van der Waals surface area contributed by atoms with Gasteiger partial charge in [-0.1, -0.05) is 23.7 Å². The van der Waals surface area contributed by atoms with Crippen molar-refractivity contribution in [1.29, 1.82) is 0 Å². The summed E-state index contributed by atoms with van der Waals surface area (Å²) in [6, 6.07) is 7.87. The average molecular weight is 618 g/mol. The standard InChI is InChI=1S/C28H32ClN5O7S/c1-18-30-15-23-16-33(27(36)34(18)23)22-7-9-31(10-8-22)26(35)25(32(28(37)38)11-12-41-2)17-42(39,40)24-6-4-19-13-21(29)5-3-20(19)14-24/h3-6,13-15,22,25H,7-12,16-17H2,1-2H3,(H,37,38)/t25-/m1/s1. The molecule has 3 heterocycles. The number of rotatable bonds is 9. The number of piperidine rings is 1. The topological polar surface area (TPSA) is 142 Å². The molecular formula is C28H32ClN5O7S. The number of amides is 3. The molecule has 0 bridgehead atoms. The number of halogens is 1. The zero-order chi connectivity index (χ0) is 30.2. The Bertz CT molecular complexity index is 1630. The van der Waals surface area contributed by atoms with E-state index < -0.39 is 33.6 Å². The zero-order valence-electron chi connectivity index (χ0n) is 23.3. The lowest BCUT2D eigenvalue weighted by Crippen LogP contribution is -2.57. The van der Waals surface area contributed by atoms with Gasteiger partial charge in [-0.05, 0) is 54.8 Å². The lowest BCUT2D eigenvalue weighted by molar-refractivity contribution is -0.137. The summed E-state index contributed by atoms with van der Waals surface area (Å²) in [7, 11) is -2.70. The number of benzene rings is 2. The fraction of sp³-hybridized carbons (Fsp3) is 0.429. The Morgan fingerprint density at radius 2 is 1.86 bits per heavy atom. The summed E-state index contributed by atoms with van der Waals surface area (Å²) >= 11 is 6.05. The number of imidazole rings is 1. The summed E-state index contributed by atoms with van der Waals surface area (Å²) in [4.78, 5) is 47.4. The predicted octanol–water partition coefficient (Wildman–Crippen LogP) is 3.24. The van der Waals surface area contributed by atoms with Crippen LogP contribution in [0.25, 0.3) is 10.8 Å². The largest absolute Gasteiger partial charge is 0.465 e. The SMILES string of the molecule is COCCN(C(=O)O)[C@H](CS(=O)(=O)c1ccc2cc(Cl)ccc2c1)C(=O)N1CCC(N2Cc3cnc(C)n3C2=O)CC1. The lowest BCUT2D eigenvalue weighted by atomic mass is 10.0. The molecule has 1 saturated heterocycles. The Kier molecular flexibility index (Phi) is 8.44. The molecule has 1 atom stereocenters. The summed E-state index contributed by atoms with van der Waals surface area (Å²) in [5.41, 5.74) is 0.813. The van der Waals surface area contributed by atoms with Crippen molar-refractivity contribution in [3.63, 3.8) is 0 Å². The second-order valence-corrected chi connectivity index (χ2v) is 13.0. The van der Waals surface area contributed by atoms with Gasteiger partial charge in [-0.25, -0.2) is 23.0 Å². The first-order chi connectivity index (χ1) is 20.0. The predicted molar refractivity (Wildman–Crippen MR) is 154 cm³/mol. The Morgan fingerprint density at radius 1 is 1.17 bits per heavy atom. The van der Waals surface area contributed by atoms with E-state index in [1.54, 1.807) is 46.9 Å². The first-order valence-electron chi connectivity index (χ1n) is 13.5. The van der Waals surface area contributed by atoms with Gasteiger partial charge in [0, 0.05) is 37.8 Å². The van der Waals surface area contributed by atoms with E-state index in [-0.39, 0.29) is 43.2 Å². The van der Waals surface area contributed by atoms with E-state index in [0.717, 1.165) is 16.0 Å². The minimum absolute atomic E-state index is 0.0128. The number of carboxylic acid groups (broad SMARTS) is 1. The molecule has 0 radical (unpaired) electrons. The molecule has 0 unspecified atom stereocenters. The number of carbonyl (C=O) groups excluding carboxylic acids is 2. The van der Waals surface area contributed by atoms with Gasteiger partial charge in [-0.2, -0.15) is 0 Å². The number of likely N-dealkylation sites (tertiary alicyclic amines) is 1. The molecular weight excluding hydrogens is 586 g/mol. The molecule has 14 heteroatoms. The lowest BCUT2D eigenvalue weighted by Gasteiger charge is -2.39. The van der Waals surface area contributed by atoms with E-state index in [2.05, 4.69) is 4.98 Å². The highest BCUT2D eigenvalue weighted by Gasteiger charge is 2.40. The summed E-state index contributed by atoms with van der Waals surface area (Å²) < 4.78 is 33.9. The number of hydrogen-bond donors (Lipinski definition) is 1. The highest BCUT2D eigenvalue weighted by Crippen LogP contribution is 2.28. The smallest absolute Gasteiger partial charge is 0.408 e. The zero-order valence-corrected chi connectivity index (χ0v) is 24.8. The average Bonchev–Trinajstić information content (AvgIpc) is 3.50. The van der Waals surface area contributed by atoms with Crippen LogP contribution in [0.2, 0.25) is 5.02 Å². The summed E-state index contributed by atoms with van der Waals surface area (Å²) in [5.74, 6) is -0.705. The van der Waals surface area contributed by atoms with Crippen LogP contribution in [0.3, 0.4) is 0 Å². The van der Waals surface area contributed by atoms with E-state index >= 15 is 0 Å². The maximum Gasteiger partial charge on any atom is 0.408 e. The molecule has 3 aromatic rings. The minimum atomic E-state index is -4.10. The molecule has 2 aromatic carbocycles. The molecule has 5 rings (SSSR count). The molecule has 2 aliphatic heterocycles. The van der Waals surface area contributed by atoms with Crippen molar-refractivity contribution in [3.8, 4) is 0 Å². The van der Waals surface area contributed by atoms with E-state index in [4.69, 9.17) is 16.3 Å². The molecule has 12 nitrogen and oxygen atoms in total. The van der Waals surface area contributed by atoms with Crippen molar-refractivity contribution in [2.75, 3.05) is 39.1 Å². The molecule has 42 heavy (non-hydrogen) atoms. The van der Waals surface area contributed by atoms with Gasteiger partial charge in [0.2, 0.25) is 5.91 Å². The van der Waals surface area contributed by atoms with Crippen LogP contribution in [-0.4, -0.2) is 107 Å². The third kappa shape index (κ3) is 5.81. The maximum absolute atomic E-state index is 13.8. The van der Waals surface area contributed by atoms with Crippen LogP contribution in [0, 0.1) is 6.92 Å². The van der Waals surface area contributed by atoms with Crippen molar-refractivity contribution in [1.82, 2.24) is 24.3 Å². The van der Waals surface area contributed by atoms with Crippen LogP contribution in [-0.2, 0) is 25.9 Å². The molecule has 0 saturated carbocycles.